The number of carbonyl (C=O) groups excluding carboxylic acids is 2. The number of rotatable bonds is 13. The van der Waals surface area contributed by atoms with E-state index in [0.717, 1.165) is 12.0 Å². The van der Waals surface area contributed by atoms with Crippen LogP contribution in [0, 0.1) is 0 Å². The van der Waals surface area contributed by atoms with Gasteiger partial charge in [-0.1, -0.05) is 56.0 Å². The highest BCUT2D eigenvalue weighted by molar-refractivity contribution is 6.46. The van der Waals surface area contributed by atoms with Gasteiger partial charge in [0.15, 0.2) is 11.5 Å². The second-order valence-corrected chi connectivity index (χ2v) is 9.34. The Labute approximate surface area is 235 Å². The molecule has 0 spiro atoms. The molecule has 1 saturated heterocycles. The van der Waals surface area contributed by atoms with Crippen molar-refractivity contribution in [2.75, 3.05) is 26.4 Å². The summed E-state index contributed by atoms with van der Waals surface area (Å²) in [6.07, 6.45) is 3.06. The van der Waals surface area contributed by atoms with Crippen molar-refractivity contribution in [3.8, 4) is 17.2 Å². The molecule has 0 aromatic heterocycles. The number of ketones is 1. The largest absolute Gasteiger partial charge is 0.507 e. The Bertz CT molecular complexity index is 1360. The predicted molar refractivity (Wildman–Crippen MR) is 155 cm³/mol. The third kappa shape index (κ3) is 6.37. The zero-order valence-electron chi connectivity index (χ0n) is 23.0. The standard InChI is InChI=1S/C33H35NO6/c1-4-20-39-26-15-12-24(13-16-26)31(35)29-30(25-14-17-27(40-21-5-2)28(22-25)38-6-3)34(33(37)32(29)36)19-18-23-10-8-7-9-11-23/h5,7-17,22,30,35H,2,4,6,18-21H2,1,3H3. The van der Waals surface area contributed by atoms with E-state index in [2.05, 4.69) is 6.58 Å². The minimum Gasteiger partial charge on any atom is -0.507 e. The van der Waals surface area contributed by atoms with Gasteiger partial charge in [-0.15, -0.1) is 0 Å². The molecule has 1 amide bonds. The number of nitrogens with zero attached hydrogens (tertiary/aromatic N) is 1. The Kier molecular flexibility index (Phi) is 9.62. The van der Waals surface area contributed by atoms with Crippen LogP contribution in [-0.4, -0.2) is 48.1 Å². The van der Waals surface area contributed by atoms with E-state index in [4.69, 9.17) is 14.2 Å². The van der Waals surface area contributed by atoms with E-state index in [0.29, 0.717) is 61.2 Å². The van der Waals surface area contributed by atoms with E-state index in [9.17, 15) is 14.7 Å². The maximum Gasteiger partial charge on any atom is 0.295 e. The van der Waals surface area contributed by atoms with Gasteiger partial charge in [-0.25, -0.2) is 0 Å². The second kappa shape index (κ2) is 13.5. The molecular weight excluding hydrogens is 506 g/mol. The van der Waals surface area contributed by atoms with Crippen molar-refractivity contribution in [1.82, 2.24) is 4.90 Å². The van der Waals surface area contributed by atoms with Gasteiger partial charge in [0.2, 0.25) is 0 Å². The fourth-order valence-electron chi connectivity index (χ4n) is 4.67. The molecule has 1 heterocycles. The van der Waals surface area contributed by atoms with E-state index in [1.54, 1.807) is 48.5 Å². The van der Waals surface area contributed by atoms with Crippen LogP contribution in [0.25, 0.3) is 5.76 Å². The van der Waals surface area contributed by atoms with Crippen molar-refractivity contribution in [3.63, 3.8) is 0 Å². The first kappa shape index (κ1) is 28.5. The number of hydrogen-bond acceptors (Lipinski definition) is 6. The molecule has 1 N–H and O–H groups in total. The lowest BCUT2D eigenvalue weighted by molar-refractivity contribution is -0.139. The Morgan fingerprint density at radius 2 is 1.70 bits per heavy atom. The van der Waals surface area contributed by atoms with Crippen molar-refractivity contribution < 1.29 is 28.9 Å². The minimum absolute atomic E-state index is 0.0301. The molecule has 4 rings (SSSR count). The zero-order chi connectivity index (χ0) is 28.5. The number of hydrogen-bond donors (Lipinski definition) is 1. The SMILES string of the molecule is C=CCOc1ccc(C2C(=C(O)c3ccc(OCCC)cc3)C(=O)C(=O)N2CCc2ccccc2)cc1OCC. The molecule has 7 nitrogen and oxygen atoms in total. The van der Waals surface area contributed by atoms with Gasteiger partial charge in [0.05, 0.1) is 24.8 Å². The van der Waals surface area contributed by atoms with Crippen LogP contribution < -0.4 is 14.2 Å². The first-order valence-electron chi connectivity index (χ1n) is 13.5. The molecule has 0 saturated carbocycles. The van der Waals surface area contributed by atoms with Gasteiger partial charge in [0.1, 0.15) is 18.1 Å². The molecule has 3 aromatic carbocycles. The fraction of sp³-hybridized carbons (Fsp3) is 0.273. The Morgan fingerprint density at radius 3 is 2.38 bits per heavy atom. The lowest BCUT2D eigenvalue weighted by atomic mass is 9.94. The maximum absolute atomic E-state index is 13.5. The molecule has 40 heavy (non-hydrogen) atoms. The van der Waals surface area contributed by atoms with Gasteiger partial charge in [-0.05, 0) is 67.3 Å². The number of amides is 1. The second-order valence-electron chi connectivity index (χ2n) is 9.34. The Balaban J connectivity index is 1.78. The van der Waals surface area contributed by atoms with E-state index in [1.807, 2.05) is 44.2 Å². The van der Waals surface area contributed by atoms with E-state index in [-0.39, 0.29) is 11.3 Å². The van der Waals surface area contributed by atoms with E-state index < -0.39 is 17.7 Å². The highest BCUT2D eigenvalue weighted by Crippen LogP contribution is 2.42. The molecule has 0 bridgehead atoms. The molecule has 208 valence electrons. The number of Topliss-reactive ketones (excluding diaryl/α,β-unsaturated/α-hetero) is 1. The molecule has 1 aliphatic rings. The molecule has 0 aliphatic carbocycles. The average Bonchev–Trinajstić information content (AvgIpc) is 3.24. The monoisotopic (exact) mass is 541 g/mol. The van der Waals surface area contributed by atoms with E-state index in [1.165, 1.54) is 4.90 Å². The predicted octanol–water partition coefficient (Wildman–Crippen LogP) is 6.10. The quantitative estimate of drug-likeness (QED) is 0.122. The van der Waals surface area contributed by atoms with Crippen LogP contribution in [0.4, 0.5) is 0 Å². The topological polar surface area (TPSA) is 85.3 Å². The van der Waals surface area contributed by atoms with Gasteiger partial charge in [0, 0.05) is 12.1 Å². The lowest BCUT2D eigenvalue weighted by Gasteiger charge is -2.26. The number of likely N-dealkylation sites (tertiary alicyclic amines) is 1. The van der Waals surface area contributed by atoms with Gasteiger partial charge >= 0.3 is 0 Å². The number of aliphatic hydroxyl groups excluding tert-OH is 1. The van der Waals surface area contributed by atoms with Crippen LogP contribution in [0.3, 0.4) is 0 Å². The fourth-order valence-corrected chi connectivity index (χ4v) is 4.67. The summed E-state index contributed by atoms with van der Waals surface area (Å²) in [6, 6.07) is 21.1. The maximum atomic E-state index is 13.5. The molecule has 1 unspecified atom stereocenters. The number of carbonyl (C=O) groups is 2. The third-order valence-electron chi connectivity index (χ3n) is 6.56. The first-order valence-corrected chi connectivity index (χ1v) is 13.5. The lowest BCUT2D eigenvalue weighted by Crippen LogP contribution is -2.31. The summed E-state index contributed by atoms with van der Waals surface area (Å²) in [5.74, 6) is 0.0387. The number of ether oxygens (including phenoxy) is 3. The molecule has 1 atom stereocenters. The Hall–Kier alpha value is -4.52. The molecular formula is C33H35NO6. The van der Waals surface area contributed by atoms with Crippen molar-refractivity contribution in [2.24, 2.45) is 0 Å². The summed E-state index contributed by atoms with van der Waals surface area (Å²) in [5.41, 5.74) is 2.12. The van der Waals surface area contributed by atoms with Crippen LogP contribution in [0.1, 0.15) is 43.0 Å². The van der Waals surface area contributed by atoms with Crippen LogP contribution in [0.15, 0.2) is 91.0 Å². The summed E-state index contributed by atoms with van der Waals surface area (Å²) < 4.78 is 17.2. The highest BCUT2D eigenvalue weighted by atomic mass is 16.5. The smallest absolute Gasteiger partial charge is 0.295 e. The summed E-state index contributed by atoms with van der Waals surface area (Å²) in [6.45, 7) is 9.14. The van der Waals surface area contributed by atoms with Crippen molar-refractivity contribution in [1.29, 1.82) is 0 Å². The molecule has 7 heteroatoms. The molecule has 3 aromatic rings. The van der Waals surface area contributed by atoms with Gasteiger partial charge in [0.25, 0.3) is 11.7 Å². The average molecular weight is 542 g/mol. The summed E-state index contributed by atoms with van der Waals surface area (Å²) in [5, 5.41) is 11.4. The number of benzene rings is 3. The normalized spacial score (nSPS) is 16.1. The first-order chi connectivity index (χ1) is 19.5. The van der Waals surface area contributed by atoms with Crippen molar-refractivity contribution in [2.45, 2.75) is 32.7 Å². The minimum atomic E-state index is -0.813. The summed E-state index contributed by atoms with van der Waals surface area (Å²) in [4.78, 5) is 28.4. The Morgan fingerprint density at radius 1 is 0.950 bits per heavy atom. The summed E-state index contributed by atoms with van der Waals surface area (Å²) >= 11 is 0. The van der Waals surface area contributed by atoms with Crippen LogP contribution >= 0.6 is 0 Å². The van der Waals surface area contributed by atoms with Gasteiger partial charge < -0.3 is 24.2 Å². The van der Waals surface area contributed by atoms with Crippen LogP contribution in [-0.2, 0) is 16.0 Å². The number of aliphatic hydroxyl groups is 1. The van der Waals surface area contributed by atoms with Crippen LogP contribution in [0.2, 0.25) is 0 Å². The zero-order valence-corrected chi connectivity index (χ0v) is 23.0. The van der Waals surface area contributed by atoms with Gasteiger partial charge in [-0.3, -0.25) is 9.59 Å². The molecule has 1 aliphatic heterocycles. The van der Waals surface area contributed by atoms with Gasteiger partial charge in [-0.2, -0.15) is 0 Å². The van der Waals surface area contributed by atoms with E-state index >= 15 is 0 Å². The summed E-state index contributed by atoms with van der Waals surface area (Å²) in [7, 11) is 0. The van der Waals surface area contributed by atoms with Crippen LogP contribution in [0.5, 0.6) is 17.2 Å². The molecule has 0 radical (unpaired) electrons. The van der Waals surface area contributed by atoms with Crippen molar-refractivity contribution >= 4 is 17.4 Å². The van der Waals surface area contributed by atoms with Crippen molar-refractivity contribution in [3.05, 3.63) is 108 Å². The third-order valence-corrected chi connectivity index (χ3v) is 6.56. The molecule has 1 fully saturated rings. The highest BCUT2D eigenvalue weighted by Gasteiger charge is 2.46.